The fraction of sp³-hybridized carbons (Fsp3) is 0.333. The van der Waals surface area contributed by atoms with E-state index in [-0.39, 0.29) is 18.3 Å². The van der Waals surface area contributed by atoms with E-state index in [9.17, 15) is 13.2 Å². The van der Waals surface area contributed by atoms with Crippen molar-refractivity contribution >= 4 is 5.69 Å². The lowest BCUT2D eigenvalue weighted by molar-refractivity contribution is 0.496. The fourth-order valence-corrected chi connectivity index (χ4v) is 0.985. The van der Waals surface area contributed by atoms with Gasteiger partial charge in [0.2, 0.25) is 0 Å². The molecule has 0 spiro atoms. The predicted molar refractivity (Wildman–Crippen MR) is 48.5 cm³/mol. The van der Waals surface area contributed by atoms with E-state index in [4.69, 9.17) is 5.73 Å². The van der Waals surface area contributed by atoms with Crippen LogP contribution in [0.1, 0.15) is 6.92 Å². The van der Waals surface area contributed by atoms with Crippen LogP contribution in [-0.4, -0.2) is 12.6 Å². The third-order valence-corrected chi connectivity index (χ3v) is 1.75. The monoisotopic (exact) mass is 204 g/mol. The first-order valence-electron chi connectivity index (χ1n) is 4.15. The molecule has 0 saturated carbocycles. The molecule has 1 atom stereocenters. The van der Waals surface area contributed by atoms with E-state index in [2.05, 4.69) is 5.32 Å². The smallest absolute Gasteiger partial charge is 0.182 e. The summed E-state index contributed by atoms with van der Waals surface area (Å²) < 4.78 is 38.4. The molecule has 14 heavy (non-hydrogen) atoms. The number of hydrogen-bond donors (Lipinski definition) is 2. The number of benzene rings is 1. The van der Waals surface area contributed by atoms with Crippen molar-refractivity contribution in [2.24, 2.45) is 5.73 Å². The van der Waals surface area contributed by atoms with Gasteiger partial charge in [-0.15, -0.1) is 0 Å². The zero-order valence-corrected chi connectivity index (χ0v) is 7.65. The number of anilines is 1. The van der Waals surface area contributed by atoms with Gasteiger partial charge in [-0.05, 0) is 6.92 Å². The van der Waals surface area contributed by atoms with Crippen molar-refractivity contribution in [3.63, 3.8) is 0 Å². The maximum Gasteiger partial charge on any atom is 0.182 e. The van der Waals surface area contributed by atoms with Crippen LogP contribution in [0, 0.1) is 17.5 Å². The van der Waals surface area contributed by atoms with Gasteiger partial charge in [0.25, 0.3) is 0 Å². The highest BCUT2D eigenvalue weighted by Gasteiger charge is 2.12. The van der Waals surface area contributed by atoms with Crippen LogP contribution < -0.4 is 11.1 Å². The van der Waals surface area contributed by atoms with Gasteiger partial charge in [-0.1, -0.05) is 0 Å². The Morgan fingerprint density at radius 2 is 2.00 bits per heavy atom. The molecule has 1 aromatic carbocycles. The summed E-state index contributed by atoms with van der Waals surface area (Å²) in [5.74, 6) is -3.13. The van der Waals surface area contributed by atoms with Gasteiger partial charge in [-0.25, -0.2) is 13.2 Å². The molecule has 0 aliphatic carbocycles. The van der Waals surface area contributed by atoms with Crippen molar-refractivity contribution in [3.8, 4) is 0 Å². The highest BCUT2D eigenvalue weighted by atomic mass is 19.2. The Labute approximate surface area is 79.9 Å². The molecule has 0 aromatic heterocycles. The van der Waals surface area contributed by atoms with E-state index in [1.807, 2.05) is 0 Å². The first kappa shape index (κ1) is 10.8. The number of halogens is 3. The Morgan fingerprint density at radius 3 is 2.57 bits per heavy atom. The lowest BCUT2D eigenvalue weighted by Gasteiger charge is -2.13. The molecular formula is C9H11F3N2. The molecule has 1 rings (SSSR count). The molecule has 1 aromatic rings. The van der Waals surface area contributed by atoms with Crippen LogP contribution >= 0.6 is 0 Å². The van der Waals surface area contributed by atoms with Gasteiger partial charge < -0.3 is 11.1 Å². The van der Waals surface area contributed by atoms with E-state index in [0.29, 0.717) is 6.07 Å². The Balaban J connectivity index is 2.96. The maximum absolute atomic E-state index is 13.0. The summed E-state index contributed by atoms with van der Waals surface area (Å²) in [5, 5.41) is 2.56. The summed E-state index contributed by atoms with van der Waals surface area (Å²) in [6.45, 7) is 1.93. The quantitative estimate of drug-likeness (QED) is 0.737. The molecule has 0 bridgehead atoms. The molecule has 78 valence electrons. The van der Waals surface area contributed by atoms with Crippen LogP contribution in [0.3, 0.4) is 0 Å². The summed E-state index contributed by atoms with van der Waals surface area (Å²) in [6, 6.07) is 1.14. The van der Waals surface area contributed by atoms with Crippen molar-refractivity contribution in [1.82, 2.24) is 0 Å². The second-order valence-electron chi connectivity index (χ2n) is 3.03. The number of nitrogens with one attached hydrogen (secondary N) is 1. The second-order valence-corrected chi connectivity index (χ2v) is 3.03. The molecule has 0 aliphatic heterocycles. The summed E-state index contributed by atoms with van der Waals surface area (Å²) in [7, 11) is 0. The lowest BCUT2D eigenvalue weighted by Crippen LogP contribution is -2.25. The first-order valence-corrected chi connectivity index (χ1v) is 4.15. The summed E-state index contributed by atoms with van der Waals surface area (Å²) in [6.07, 6.45) is 0. The fourth-order valence-electron chi connectivity index (χ4n) is 0.985. The van der Waals surface area contributed by atoms with Gasteiger partial charge in [-0.2, -0.15) is 0 Å². The average Bonchev–Trinajstić information content (AvgIpc) is 2.13. The van der Waals surface area contributed by atoms with E-state index in [1.54, 1.807) is 6.92 Å². The van der Waals surface area contributed by atoms with Crippen LogP contribution in [0.4, 0.5) is 18.9 Å². The predicted octanol–water partition coefficient (Wildman–Crippen LogP) is 1.86. The minimum Gasteiger partial charge on any atom is -0.379 e. The summed E-state index contributed by atoms with van der Waals surface area (Å²) in [4.78, 5) is 0. The maximum atomic E-state index is 13.0. The van der Waals surface area contributed by atoms with Crippen LogP contribution in [0.15, 0.2) is 12.1 Å². The molecule has 0 heterocycles. The minimum atomic E-state index is -1.21. The molecule has 1 unspecified atom stereocenters. The minimum absolute atomic E-state index is 0.208. The molecular weight excluding hydrogens is 193 g/mol. The molecule has 0 aliphatic rings. The van der Waals surface area contributed by atoms with E-state index >= 15 is 0 Å². The number of nitrogens with two attached hydrogens (primary N) is 1. The molecule has 0 saturated heterocycles. The Kier molecular flexibility index (Phi) is 3.35. The Hall–Kier alpha value is -1.23. The normalized spacial score (nSPS) is 12.6. The van der Waals surface area contributed by atoms with Crippen molar-refractivity contribution in [3.05, 3.63) is 29.6 Å². The molecule has 0 fully saturated rings. The number of rotatable bonds is 3. The van der Waals surface area contributed by atoms with Gasteiger partial charge in [0.1, 0.15) is 5.82 Å². The van der Waals surface area contributed by atoms with Crippen molar-refractivity contribution in [2.45, 2.75) is 13.0 Å². The summed E-state index contributed by atoms with van der Waals surface area (Å²) >= 11 is 0. The summed E-state index contributed by atoms with van der Waals surface area (Å²) in [5.41, 5.74) is 5.07. The van der Waals surface area contributed by atoms with E-state index in [1.165, 1.54) is 0 Å². The van der Waals surface area contributed by atoms with Gasteiger partial charge in [0.05, 0.1) is 5.69 Å². The highest BCUT2D eigenvalue weighted by molar-refractivity contribution is 5.46. The Bertz CT molecular complexity index is 328. The largest absolute Gasteiger partial charge is 0.379 e. The molecule has 2 nitrogen and oxygen atoms in total. The van der Waals surface area contributed by atoms with E-state index < -0.39 is 17.5 Å². The molecule has 0 amide bonds. The van der Waals surface area contributed by atoms with Gasteiger partial charge in [0, 0.05) is 24.7 Å². The van der Waals surface area contributed by atoms with Crippen LogP contribution in [-0.2, 0) is 0 Å². The zero-order chi connectivity index (χ0) is 10.7. The topological polar surface area (TPSA) is 38.0 Å². The third-order valence-electron chi connectivity index (χ3n) is 1.75. The highest BCUT2D eigenvalue weighted by Crippen LogP contribution is 2.19. The van der Waals surface area contributed by atoms with Gasteiger partial charge in [-0.3, -0.25) is 0 Å². The van der Waals surface area contributed by atoms with Crippen LogP contribution in [0.2, 0.25) is 0 Å². The molecule has 5 heteroatoms. The SMILES string of the molecule is CC(CN)Nc1cc(F)cc(F)c1F. The number of hydrogen-bond acceptors (Lipinski definition) is 2. The van der Waals surface area contributed by atoms with Crippen molar-refractivity contribution in [1.29, 1.82) is 0 Å². The average molecular weight is 204 g/mol. The second kappa shape index (κ2) is 4.32. The molecule has 3 N–H and O–H groups in total. The Morgan fingerprint density at radius 1 is 1.36 bits per heavy atom. The van der Waals surface area contributed by atoms with Crippen molar-refractivity contribution in [2.75, 3.05) is 11.9 Å². The van der Waals surface area contributed by atoms with Crippen LogP contribution in [0.5, 0.6) is 0 Å². The van der Waals surface area contributed by atoms with Gasteiger partial charge in [0.15, 0.2) is 11.6 Å². The molecule has 0 radical (unpaired) electrons. The lowest BCUT2D eigenvalue weighted by atomic mass is 10.2. The standard InChI is InChI=1S/C9H11F3N2/c1-5(4-13)14-8-3-6(10)2-7(11)9(8)12/h2-3,5,14H,4,13H2,1H3. The third kappa shape index (κ3) is 2.38. The van der Waals surface area contributed by atoms with Crippen molar-refractivity contribution < 1.29 is 13.2 Å². The van der Waals surface area contributed by atoms with E-state index in [0.717, 1.165) is 6.07 Å². The first-order chi connectivity index (χ1) is 6.54. The van der Waals surface area contributed by atoms with Crippen LogP contribution in [0.25, 0.3) is 0 Å². The van der Waals surface area contributed by atoms with Gasteiger partial charge >= 0.3 is 0 Å². The zero-order valence-electron chi connectivity index (χ0n) is 7.65.